The molecule has 3 rings (SSSR count). The van der Waals surface area contributed by atoms with Crippen LogP contribution in [0.5, 0.6) is 0 Å². The van der Waals surface area contributed by atoms with Gasteiger partial charge in [0.25, 0.3) is 0 Å². The van der Waals surface area contributed by atoms with Crippen LogP contribution in [0.4, 0.5) is 5.69 Å². The second-order valence-electron chi connectivity index (χ2n) is 5.94. The monoisotopic (exact) mass is 283 g/mol. The van der Waals surface area contributed by atoms with Crippen LogP contribution < -0.4 is 10.2 Å². The summed E-state index contributed by atoms with van der Waals surface area (Å²) >= 11 is 0. The summed E-state index contributed by atoms with van der Waals surface area (Å²) in [6, 6.07) is 11.3. The van der Waals surface area contributed by atoms with Crippen LogP contribution >= 0.6 is 0 Å². The van der Waals surface area contributed by atoms with E-state index in [1.165, 1.54) is 43.3 Å². The van der Waals surface area contributed by atoms with Gasteiger partial charge in [-0.2, -0.15) is 0 Å². The summed E-state index contributed by atoms with van der Waals surface area (Å²) in [5.74, 6) is 0. The van der Waals surface area contributed by atoms with Crippen molar-refractivity contribution in [1.29, 1.82) is 0 Å². The van der Waals surface area contributed by atoms with E-state index >= 15 is 0 Å². The van der Waals surface area contributed by atoms with E-state index in [4.69, 9.17) is 0 Å². The van der Waals surface area contributed by atoms with Crippen molar-refractivity contribution in [3.05, 3.63) is 36.5 Å². The van der Waals surface area contributed by atoms with E-state index in [0.29, 0.717) is 6.04 Å². The largest absolute Gasteiger partial charge is 0.369 e. The lowest BCUT2D eigenvalue weighted by atomic mass is 10.1. The number of nitrogens with zero attached hydrogens (tertiary/aromatic N) is 2. The van der Waals surface area contributed by atoms with Crippen LogP contribution in [0.15, 0.2) is 36.5 Å². The number of hydrogen-bond acceptors (Lipinski definition) is 3. The van der Waals surface area contributed by atoms with Gasteiger partial charge in [-0.25, -0.2) is 0 Å². The van der Waals surface area contributed by atoms with Crippen molar-refractivity contribution >= 4 is 16.6 Å². The van der Waals surface area contributed by atoms with Crippen LogP contribution in [0.1, 0.15) is 32.6 Å². The minimum absolute atomic E-state index is 0.633. The van der Waals surface area contributed by atoms with Crippen LogP contribution in [0.3, 0.4) is 0 Å². The molecule has 3 nitrogen and oxygen atoms in total. The van der Waals surface area contributed by atoms with Crippen LogP contribution in [0, 0.1) is 0 Å². The number of pyridine rings is 1. The molecule has 0 aliphatic carbocycles. The van der Waals surface area contributed by atoms with Crippen molar-refractivity contribution in [3.63, 3.8) is 0 Å². The number of benzene rings is 1. The maximum absolute atomic E-state index is 4.49. The molecule has 1 unspecified atom stereocenters. The molecule has 21 heavy (non-hydrogen) atoms. The average Bonchev–Trinajstić information content (AvgIpc) is 3.04. The molecule has 112 valence electrons. The third-order valence-electron chi connectivity index (χ3n) is 4.35. The van der Waals surface area contributed by atoms with E-state index in [2.05, 4.69) is 52.5 Å². The Morgan fingerprint density at radius 1 is 1.29 bits per heavy atom. The SMILES string of the molecule is CCCCN(CC1CCCN1)c1ccnc2ccccc12. The van der Waals surface area contributed by atoms with Gasteiger partial charge in [0.05, 0.1) is 5.52 Å². The Labute approximate surface area is 127 Å². The van der Waals surface area contributed by atoms with Crippen molar-refractivity contribution < 1.29 is 0 Å². The van der Waals surface area contributed by atoms with E-state index in [1.54, 1.807) is 0 Å². The number of hydrogen-bond donors (Lipinski definition) is 1. The molecule has 1 aromatic carbocycles. The summed E-state index contributed by atoms with van der Waals surface area (Å²) in [7, 11) is 0. The lowest BCUT2D eigenvalue weighted by Crippen LogP contribution is -2.38. The van der Waals surface area contributed by atoms with Crippen LogP contribution in [-0.2, 0) is 0 Å². The van der Waals surface area contributed by atoms with Gasteiger partial charge in [0, 0.05) is 36.4 Å². The van der Waals surface area contributed by atoms with Gasteiger partial charge in [0.15, 0.2) is 0 Å². The van der Waals surface area contributed by atoms with Gasteiger partial charge in [0.2, 0.25) is 0 Å². The maximum Gasteiger partial charge on any atom is 0.0722 e. The molecule has 2 heterocycles. The third-order valence-corrected chi connectivity index (χ3v) is 4.35. The van der Waals surface area contributed by atoms with Crippen LogP contribution in [0.2, 0.25) is 0 Å². The zero-order chi connectivity index (χ0) is 14.5. The molecule has 3 heteroatoms. The molecule has 1 aliphatic rings. The first-order valence-corrected chi connectivity index (χ1v) is 8.20. The summed E-state index contributed by atoms with van der Waals surface area (Å²) in [5, 5.41) is 4.90. The van der Waals surface area contributed by atoms with Gasteiger partial charge in [0.1, 0.15) is 0 Å². The fourth-order valence-corrected chi connectivity index (χ4v) is 3.19. The number of unbranched alkanes of at least 4 members (excludes halogenated alkanes) is 1. The van der Waals surface area contributed by atoms with Gasteiger partial charge >= 0.3 is 0 Å². The third kappa shape index (κ3) is 3.35. The fraction of sp³-hybridized carbons (Fsp3) is 0.500. The molecule has 1 fully saturated rings. The second kappa shape index (κ2) is 6.90. The minimum Gasteiger partial charge on any atom is -0.369 e. The number of aromatic nitrogens is 1. The first kappa shape index (κ1) is 14.3. The normalized spacial score (nSPS) is 18.2. The molecular formula is C18H25N3. The van der Waals surface area contributed by atoms with E-state index in [-0.39, 0.29) is 0 Å². The molecule has 2 aromatic rings. The summed E-state index contributed by atoms with van der Waals surface area (Å²) in [6.07, 6.45) is 7.02. The highest BCUT2D eigenvalue weighted by atomic mass is 15.2. The van der Waals surface area contributed by atoms with Gasteiger partial charge in [-0.15, -0.1) is 0 Å². The van der Waals surface area contributed by atoms with Crippen LogP contribution in [-0.4, -0.2) is 30.7 Å². The maximum atomic E-state index is 4.49. The molecule has 0 radical (unpaired) electrons. The summed E-state index contributed by atoms with van der Waals surface area (Å²) < 4.78 is 0. The number of fused-ring (bicyclic) bond motifs is 1. The Morgan fingerprint density at radius 3 is 3.00 bits per heavy atom. The standard InChI is InChI=1S/C18H25N3/c1-2-3-13-21(14-15-7-6-11-19-15)18-10-12-20-17-9-5-4-8-16(17)18/h4-5,8-10,12,15,19H,2-3,6-7,11,13-14H2,1H3. The van der Waals surface area contributed by atoms with E-state index < -0.39 is 0 Å². The van der Waals surface area contributed by atoms with Crippen molar-refractivity contribution in [3.8, 4) is 0 Å². The van der Waals surface area contributed by atoms with E-state index in [1.807, 2.05) is 6.20 Å². The number of rotatable bonds is 6. The minimum atomic E-state index is 0.633. The topological polar surface area (TPSA) is 28.2 Å². The Kier molecular flexibility index (Phi) is 4.71. The predicted octanol–water partition coefficient (Wildman–Crippen LogP) is 3.59. The molecule has 1 aliphatic heterocycles. The fourth-order valence-electron chi connectivity index (χ4n) is 3.19. The molecule has 1 saturated heterocycles. The number of para-hydroxylation sites is 1. The number of anilines is 1. The van der Waals surface area contributed by atoms with E-state index in [0.717, 1.165) is 18.6 Å². The first-order chi connectivity index (χ1) is 10.4. The second-order valence-corrected chi connectivity index (χ2v) is 5.94. The molecule has 1 atom stereocenters. The lowest BCUT2D eigenvalue weighted by molar-refractivity contribution is 0.573. The van der Waals surface area contributed by atoms with Crippen molar-refractivity contribution in [1.82, 2.24) is 10.3 Å². The molecule has 0 amide bonds. The van der Waals surface area contributed by atoms with Gasteiger partial charge in [-0.05, 0) is 37.9 Å². The Hall–Kier alpha value is -1.61. The highest BCUT2D eigenvalue weighted by Gasteiger charge is 2.19. The Morgan fingerprint density at radius 2 is 2.19 bits per heavy atom. The van der Waals surface area contributed by atoms with Crippen molar-refractivity contribution in [2.75, 3.05) is 24.5 Å². The first-order valence-electron chi connectivity index (χ1n) is 8.20. The van der Waals surface area contributed by atoms with Crippen LogP contribution in [0.25, 0.3) is 10.9 Å². The van der Waals surface area contributed by atoms with Gasteiger partial charge in [-0.1, -0.05) is 31.5 Å². The van der Waals surface area contributed by atoms with Crippen molar-refractivity contribution in [2.45, 2.75) is 38.6 Å². The highest BCUT2D eigenvalue weighted by molar-refractivity contribution is 5.91. The molecule has 0 bridgehead atoms. The molecule has 1 aromatic heterocycles. The van der Waals surface area contributed by atoms with E-state index in [9.17, 15) is 0 Å². The quantitative estimate of drug-likeness (QED) is 0.878. The zero-order valence-electron chi connectivity index (χ0n) is 12.9. The summed E-state index contributed by atoms with van der Waals surface area (Å²) in [4.78, 5) is 7.05. The molecule has 0 spiro atoms. The molecule has 1 N–H and O–H groups in total. The Bertz CT molecular complexity index is 570. The molecule has 0 saturated carbocycles. The predicted molar refractivity (Wildman–Crippen MR) is 89.9 cm³/mol. The lowest BCUT2D eigenvalue weighted by Gasteiger charge is -2.29. The Balaban J connectivity index is 1.89. The van der Waals surface area contributed by atoms with Gasteiger partial charge in [-0.3, -0.25) is 4.98 Å². The number of nitrogens with one attached hydrogen (secondary N) is 1. The highest BCUT2D eigenvalue weighted by Crippen LogP contribution is 2.26. The van der Waals surface area contributed by atoms with Crippen molar-refractivity contribution in [2.24, 2.45) is 0 Å². The average molecular weight is 283 g/mol. The summed E-state index contributed by atoms with van der Waals surface area (Å²) in [5.41, 5.74) is 2.43. The summed E-state index contributed by atoms with van der Waals surface area (Å²) in [6.45, 7) is 5.66. The molecular weight excluding hydrogens is 258 g/mol. The van der Waals surface area contributed by atoms with Gasteiger partial charge < -0.3 is 10.2 Å². The zero-order valence-corrected chi connectivity index (χ0v) is 12.9. The smallest absolute Gasteiger partial charge is 0.0722 e.